The van der Waals surface area contributed by atoms with E-state index >= 15 is 0 Å². The van der Waals surface area contributed by atoms with E-state index in [4.69, 9.17) is 0 Å². The van der Waals surface area contributed by atoms with Gasteiger partial charge in [0.2, 0.25) is 0 Å². The second-order valence-corrected chi connectivity index (χ2v) is 8.68. The third-order valence-electron chi connectivity index (χ3n) is 6.44. The van der Waals surface area contributed by atoms with Crippen LogP contribution >= 0.6 is 0 Å². The Hall–Kier alpha value is -4.77. The average Bonchev–Trinajstić information content (AvgIpc) is 2.89. The Morgan fingerprint density at radius 2 is 1.43 bits per heavy atom. The monoisotopic (exact) mass is 456 g/mol. The Kier molecular flexibility index (Phi) is 4.71. The lowest BCUT2D eigenvalue weighted by Crippen LogP contribution is -2.24. The highest BCUT2D eigenvalue weighted by atomic mass is 16.1. The summed E-state index contributed by atoms with van der Waals surface area (Å²) in [6.45, 7) is 2.01. The maximum atomic E-state index is 13.8. The van der Waals surface area contributed by atoms with E-state index in [1.165, 1.54) is 0 Å². The first-order valence-electron chi connectivity index (χ1n) is 11.3. The zero-order chi connectivity index (χ0) is 24.1. The number of aromatic amines is 1. The van der Waals surface area contributed by atoms with Gasteiger partial charge in [-0.25, -0.2) is 0 Å². The summed E-state index contributed by atoms with van der Waals surface area (Å²) in [6, 6.07) is 27.3. The fraction of sp³-hybridized carbons (Fsp3) is 0.0333. The summed E-state index contributed by atoms with van der Waals surface area (Å²) in [5, 5.41) is 3.94. The Morgan fingerprint density at radius 3 is 2.17 bits per heavy atom. The summed E-state index contributed by atoms with van der Waals surface area (Å²) in [5.74, 6) is -0.533. The molecule has 5 aromatic rings. The molecule has 1 aliphatic rings. The molecule has 1 aliphatic carbocycles. The number of benzene rings is 4. The number of nitrogens with one attached hydrogen (secondary N) is 2. The largest absolute Gasteiger partial charge is 0.355 e. The number of fused-ring (bicyclic) bond motifs is 2. The van der Waals surface area contributed by atoms with Crippen molar-refractivity contribution >= 4 is 33.8 Å². The average molecular weight is 457 g/mol. The smallest absolute Gasteiger partial charge is 0.260 e. The lowest BCUT2D eigenvalue weighted by molar-refractivity contribution is 0.102. The molecule has 0 spiro atoms. The first-order chi connectivity index (χ1) is 17.0. The van der Waals surface area contributed by atoms with Gasteiger partial charge in [-0.15, -0.1) is 0 Å². The maximum Gasteiger partial charge on any atom is 0.260 e. The summed E-state index contributed by atoms with van der Waals surface area (Å²) < 4.78 is 0. The normalized spacial score (nSPS) is 11.9. The van der Waals surface area contributed by atoms with Crippen LogP contribution in [0.5, 0.6) is 0 Å². The molecule has 6 rings (SSSR count). The predicted octanol–water partition coefficient (Wildman–Crippen LogP) is 6.02. The van der Waals surface area contributed by atoms with E-state index in [0.29, 0.717) is 44.4 Å². The van der Waals surface area contributed by atoms with Crippen LogP contribution in [0.1, 0.15) is 37.4 Å². The molecule has 0 saturated heterocycles. The van der Waals surface area contributed by atoms with Crippen molar-refractivity contribution in [2.24, 2.45) is 0 Å². The van der Waals surface area contributed by atoms with Gasteiger partial charge in [-0.3, -0.25) is 14.4 Å². The molecule has 4 aromatic carbocycles. The van der Waals surface area contributed by atoms with Crippen LogP contribution in [0.4, 0.5) is 11.4 Å². The fourth-order valence-corrected chi connectivity index (χ4v) is 4.78. The number of H-pyrrole nitrogens is 1. The zero-order valence-electron chi connectivity index (χ0n) is 18.9. The summed E-state index contributed by atoms with van der Waals surface area (Å²) in [5.41, 5.74) is 5.07. The van der Waals surface area contributed by atoms with Crippen molar-refractivity contribution in [2.75, 3.05) is 5.32 Å². The molecular formula is C30H20N2O3. The van der Waals surface area contributed by atoms with Crippen molar-refractivity contribution in [3.63, 3.8) is 0 Å². The minimum Gasteiger partial charge on any atom is -0.355 e. The number of rotatable bonds is 4. The van der Waals surface area contributed by atoms with Crippen molar-refractivity contribution in [3.8, 4) is 11.1 Å². The highest BCUT2D eigenvalue weighted by Gasteiger charge is 2.33. The van der Waals surface area contributed by atoms with E-state index in [2.05, 4.69) is 10.3 Å². The van der Waals surface area contributed by atoms with Crippen LogP contribution in [0, 0.1) is 6.92 Å². The molecule has 0 saturated carbocycles. The summed E-state index contributed by atoms with van der Waals surface area (Å²) in [4.78, 5) is 43.5. The van der Waals surface area contributed by atoms with E-state index in [1.54, 1.807) is 54.6 Å². The fourth-order valence-electron chi connectivity index (χ4n) is 4.78. The molecule has 0 amide bonds. The van der Waals surface area contributed by atoms with Crippen LogP contribution < -0.4 is 10.9 Å². The SMILES string of the molecule is Cc1ccc(Nc2ccc3[nH]c(=O)c(C(=O)c4ccccc4)c4c3c2C(=O)c2ccccc2-4)cc1. The van der Waals surface area contributed by atoms with E-state index in [-0.39, 0.29) is 17.1 Å². The second-order valence-electron chi connectivity index (χ2n) is 8.68. The molecule has 0 unspecified atom stereocenters. The van der Waals surface area contributed by atoms with Gasteiger partial charge in [0.25, 0.3) is 5.56 Å². The van der Waals surface area contributed by atoms with Crippen LogP contribution in [0.2, 0.25) is 0 Å². The number of hydrogen-bond acceptors (Lipinski definition) is 4. The van der Waals surface area contributed by atoms with Crippen LogP contribution in [0.25, 0.3) is 22.0 Å². The van der Waals surface area contributed by atoms with Crippen LogP contribution in [-0.2, 0) is 0 Å². The van der Waals surface area contributed by atoms with Gasteiger partial charge in [0.1, 0.15) is 0 Å². The molecular weight excluding hydrogens is 436 g/mol. The summed E-state index contributed by atoms with van der Waals surface area (Å²) in [7, 11) is 0. The highest BCUT2D eigenvalue weighted by molar-refractivity contribution is 6.31. The van der Waals surface area contributed by atoms with Gasteiger partial charge in [-0.2, -0.15) is 0 Å². The third-order valence-corrected chi connectivity index (χ3v) is 6.44. The quantitative estimate of drug-likeness (QED) is 0.318. The molecule has 0 radical (unpaired) electrons. The molecule has 5 heteroatoms. The number of carbonyl (C=O) groups excluding carboxylic acids is 2. The predicted molar refractivity (Wildman–Crippen MR) is 138 cm³/mol. The molecule has 0 fully saturated rings. The van der Waals surface area contributed by atoms with E-state index < -0.39 is 5.56 Å². The molecule has 1 heterocycles. The number of hydrogen-bond donors (Lipinski definition) is 2. The number of aromatic nitrogens is 1. The van der Waals surface area contributed by atoms with Crippen molar-refractivity contribution in [2.45, 2.75) is 6.92 Å². The minimum absolute atomic E-state index is 0.0392. The standard InChI is InChI=1S/C30H20N2O3/c1-17-11-13-19(14-12-17)31-23-16-15-22-25-24(20-9-5-6-10-21(20)29(34)26(23)25)27(30(35)32-22)28(33)18-7-3-2-4-8-18/h2-16,31H,1H3,(H,32,35). The molecule has 0 bridgehead atoms. The second kappa shape index (κ2) is 7.92. The van der Waals surface area contributed by atoms with Gasteiger partial charge in [0.15, 0.2) is 11.6 Å². The van der Waals surface area contributed by atoms with Gasteiger partial charge >= 0.3 is 0 Å². The molecule has 35 heavy (non-hydrogen) atoms. The van der Waals surface area contributed by atoms with Gasteiger partial charge < -0.3 is 10.3 Å². The molecule has 2 N–H and O–H groups in total. The van der Waals surface area contributed by atoms with E-state index in [1.807, 2.05) is 43.3 Å². The third kappa shape index (κ3) is 3.28. The van der Waals surface area contributed by atoms with Gasteiger partial charge in [0.05, 0.1) is 16.8 Å². The summed E-state index contributed by atoms with van der Waals surface area (Å²) in [6.07, 6.45) is 0. The van der Waals surface area contributed by atoms with E-state index in [0.717, 1.165) is 11.3 Å². The van der Waals surface area contributed by atoms with Gasteiger partial charge in [0, 0.05) is 33.3 Å². The number of ketones is 2. The molecule has 5 nitrogen and oxygen atoms in total. The van der Waals surface area contributed by atoms with Crippen LogP contribution in [0.3, 0.4) is 0 Å². The van der Waals surface area contributed by atoms with Crippen LogP contribution in [-0.4, -0.2) is 16.6 Å². The number of pyridine rings is 1. The van der Waals surface area contributed by atoms with Crippen molar-refractivity contribution in [1.29, 1.82) is 0 Å². The van der Waals surface area contributed by atoms with Crippen molar-refractivity contribution < 1.29 is 9.59 Å². The number of carbonyl (C=O) groups is 2. The topological polar surface area (TPSA) is 79.0 Å². The number of aryl methyl sites for hydroxylation is 1. The van der Waals surface area contributed by atoms with Crippen molar-refractivity contribution in [1.82, 2.24) is 4.98 Å². The Morgan fingerprint density at radius 1 is 0.743 bits per heavy atom. The Labute approximate surface area is 201 Å². The van der Waals surface area contributed by atoms with Crippen LogP contribution in [0.15, 0.2) is 95.8 Å². The Balaban J connectivity index is 1.69. The lowest BCUT2D eigenvalue weighted by atomic mass is 9.80. The number of anilines is 2. The van der Waals surface area contributed by atoms with Crippen molar-refractivity contribution in [3.05, 3.63) is 129 Å². The zero-order valence-corrected chi connectivity index (χ0v) is 18.9. The molecule has 0 aliphatic heterocycles. The van der Waals surface area contributed by atoms with Gasteiger partial charge in [-0.05, 0) is 36.8 Å². The Bertz CT molecular complexity index is 1720. The first kappa shape index (κ1) is 20.8. The molecule has 168 valence electrons. The lowest BCUT2D eigenvalue weighted by Gasteiger charge is -2.24. The van der Waals surface area contributed by atoms with Gasteiger partial charge in [-0.1, -0.05) is 72.3 Å². The summed E-state index contributed by atoms with van der Waals surface area (Å²) >= 11 is 0. The first-order valence-corrected chi connectivity index (χ1v) is 11.3. The van der Waals surface area contributed by atoms with E-state index in [9.17, 15) is 14.4 Å². The molecule has 1 aromatic heterocycles. The molecule has 0 atom stereocenters. The maximum absolute atomic E-state index is 13.8. The highest BCUT2D eigenvalue weighted by Crippen LogP contribution is 2.43. The minimum atomic E-state index is -0.476.